The summed E-state index contributed by atoms with van der Waals surface area (Å²) < 4.78 is 0. The number of carboxylic acids is 1. The Morgan fingerprint density at radius 3 is 2.11 bits per heavy atom. The van der Waals surface area contributed by atoms with Gasteiger partial charge in [-0.3, -0.25) is 9.59 Å². The lowest BCUT2D eigenvalue weighted by molar-refractivity contribution is -0.203. The number of fused-ring (bicyclic) bond motifs is 7. The molecular weight excluding hydrogens is 572 g/mol. The molecule has 4 fully saturated rings. The zero-order valence-corrected chi connectivity index (χ0v) is 28.5. The summed E-state index contributed by atoms with van der Waals surface area (Å²) in [5.74, 6) is -1.52. The number of carbonyl (C=O) groups is 3. The molecule has 0 aliphatic heterocycles. The van der Waals surface area contributed by atoms with Crippen molar-refractivity contribution < 1.29 is 34.8 Å². The van der Waals surface area contributed by atoms with Crippen molar-refractivity contribution in [2.24, 2.45) is 50.2 Å². The number of aliphatic hydroxyl groups excluding tert-OH is 3. The summed E-state index contributed by atoms with van der Waals surface area (Å²) in [5.41, 5.74) is 0.682. The monoisotopic (exact) mass is 630 g/mol. The van der Waals surface area contributed by atoms with Crippen LogP contribution in [0.25, 0.3) is 0 Å². The zero-order valence-electron chi connectivity index (χ0n) is 28.5. The molecule has 0 unspecified atom stereocenters. The Hall–Kier alpha value is -1.97. The highest BCUT2D eigenvalue weighted by Crippen LogP contribution is 2.75. The Morgan fingerprint density at radius 1 is 0.844 bits per heavy atom. The molecule has 9 nitrogen and oxygen atoms in total. The van der Waals surface area contributed by atoms with Crippen molar-refractivity contribution in [1.82, 2.24) is 10.6 Å². The number of aliphatic carboxylic acids is 1. The normalized spacial score (nSPS) is 42.8. The van der Waals surface area contributed by atoms with Gasteiger partial charge in [0.25, 0.3) is 0 Å². The van der Waals surface area contributed by atoms with Crippen LogP contribution in [0.15, 0.2) is 11.6 Å². The third kappa shape index (κ3) is 5.09. The van der Waals surface area contributed by atoms with E-state index in [9.17, 15) is 34.8 Å². The van der Waals surface area contributed by atoms with Crippen molar-refractivity contribution in [3.8, 4) is 0 Å². The summed E-state index contributed by atoms with van der Waals surface area (Å²) in [6.45, 7) is 15.1. The van der Waals surface area contributed by atoms with E-state index in [0.717, 1.165) is 51.4 Å². The van der Waals surface area contributed by atoms with E-state index in [2.05, 4.69) is 65.2 Å². The van der Waals surface area contributed by atoms with Gasteiger partial charge in [0.2, 0.25) is 11.8 Å². The summed E-state index contributed by atoms with van der Waals surface area (Å²) in [6.07, 6.45) is 11.2. The predicted molar refractivity (Wildman–Crippen MR) is 171 cm³/mol. The van der Waals surface area contributed by atoms with Crippen LogP contribution in [0.3, 0.4) is 0 Å². The molecule has 10 atom stereocenters. The maximum atomic E-state index is 14.4. The van der Waals surface area contributed by atoms with Crippen molar-refractivity contribution in [1.29, 1.82) is 0 Å². The van der Waals surface area contributed by atoms with E-state index in [1.165, 1.54) is 5.57 Å². The number of amides is 2. The highest BCUT2D eigenvalue weighted by Gasteiger charge is 2.69. The van der Waals surface area contributed by atoms with E-state index >= 15 is 0 Å². The molecule has 5 aliphatic rings. The van der Waals surface area contributed by atoms with Gasteiger partial charge < -0.3 is 31.1 Å². The first-order chi connectivity index (χ1) is 20.8. The van der Waals surface area contributed by atoms with Gasteiger partial charge in [0.15, 0.2) is 0 Å². The zero-order chi connectivity index (χ0) is 33.4. The number of hydrogen-bond acceptors (Lipinski definition) is 6. The smallest absolute Gasteiger partial charge is 0.328 e. The number of carboxylic acid groups (broad SMARTS) is 1. The Morgan fingerprint density at radius 2 is 1.49 bits per heavy atom. The SMILES string of the molecule is CC1(C)CC[C@]2(C(=O)N[C@@H](CO)C(=O)N[C@H](CO)C(=O)O)CC[C@]3(C)C(=CC[C@@H]4[C@@]5(C)CC[C@H](O)C(C)(C)[C@@H]5CC[C@]43C)[C@@H]2C1. The van der Waals surface area contributed by atoms with Crippen LogP contribution in [0.5, 0.6) is 0 Å². The lowest BCUT2D eigenvalue weighted by Crippen LogP contribution is -2.66. The quantitative estimate of drug-likeness (QED) is 0.231. The van der Waals surface area contributed by atoms with Gasteiger partial charge in [-0.25, -0.2) is 4.79 Å². The third-order valence-corrected chi connectivity index (χ3v) is 14.7. The standard InChI is InChI=1S/C36H58N2O7/c1-31(2)14-16-36(30(45)38-23(19-39)28(42)37-24(20-40)29(43)44)17-15-34(6)21(22(36)18-31)8-9-26-33(5)12-11-27(41)32(3,4)25(33)10-13-35(26,34)7/h8,22-27,39-41H,9-20H2,1-7H3,(H,37,42)(H,38,45)(H,43,44)/t22-,23-,24+,25-,26+,27-,33-,34+,35+,36-/m0/s1. The summed E-state index contributed by atoms with van der Waals surface area (Å²) in [7, 11) is 0. The molecule has 0 radical (unpaired) electrons. The average Bonchev–Trinajstić information content (AvgIpc) is 2.96. The fourth-order valence-electron chi connectivity index (χ4n) is 11.6. The summed E-state index contributed by atoms with van der Waals surface area (Å²) >= 11 is 0. The second kappa shape index (κ2) is 11.3. The first-order valence-corrected chi connectivity index (χ1v) is 17.3. The summed E-state index contributed by atoms with van der Waals surface area (Å²) in [6, 6.07) is -2.83. The van der Waals surface area contributed by atoms with Crippen molar-refractivity contribution in [3.05, 3.63) is 11.6 Å². The second-order valence-electron chi connectivity index (χ2n) is 17.5. The molecule has 9 heteroatoms. The lowest BCUT2D eigenvalue weighted by Gasteiger charge is -2.71. The topological polar surface area (TPSA) is 156 Å². The van der Waals surface area contributed by atoms with Crippen LogP contribution in [0, 0.1) is 50.2 Å². The summed E-state index contributed by atoms with van der Waals surface area (Å²) in [5, 5.41) is 44.8. The van der Waals surface area contributed by atoms with Gasteiger partial charge in [-0.05, 0) is 109 Å². The first kappa shape index (κ1) is 34.4. The molecule has 2 amide bonds. The molecule has 0 aromatic rings. The number of allylic oxidation sites excluding steroid dienone is 2. The van der Waals surface area contributed by atoms with Crippen molar-refractivity contribution in [2.45, 2.75) is 131 Å². The van der Waals surface area contributed by atoms with Crippen LogP contribution in [0.1, 0.15) is 113 Å². The first-order valence-electron chi connectivity index (χ1n) is 17.3. The maximum Gasteiger partial charge on any atom is 0.328 e. The summed E-state index contributed by atoms with van der Waals surface area (Å²) in [4.78, 5) is 38.7. The van der Waals surface area contributed by atoms with E-state index in [0.29, 0.717) is 24.7 Å². The fourth-order valence-corrected chi connectivity index (χ4v) is 11.6. The molecule has 6 N–H and O–H groups in total. The maximum absolute atomic E-state index is 14.4. The van der Waals surface area contributed by atoms with E-state index in [4.69, 9.17) is 0 Å². The molecule has 5 aliphatic carbocycles. The Bertz CT molecular complexity index is 1250. The van der Waals surface area contributed by atoms with E-state index in [1.54, 1.807) is 0 Å². The largest absolute Gasteiger partial charge is 0.480 e. The molecule has 4 saturated carbocycles. The minimum Gasteiger partial charge on any atom is -0.480 e. The van der Waals surface area contributed by atoms with E-state index in [1.807, 2.05) is 0 Å². The van der Waals surface area contributed by atoms with Gasteiger partial charge in [-0.2, -0.15) is 0 Å². The molecule has 0 spiro atoms. The van der Waals surface area contributed by atoms with E-state index in [-0.39, 0.29) is 45.0 Å². The van der Waals surface area contributed by atoms with Crippen LogP contribution in [0.4, 0.5) is 0 Å². The van der Waals surface area contributed by atoms with Crippen molar-refractivity contribution in [3.63, 3.8) is 0 Å². The second-order valence-corrected chi connectivity index (χ2v) is 17.5. The van der Waals surface area contributed by atoms with Crippen LogP contribution in [-0.2, 0) is 14.4 Å². The predicted octanol–water partition coefficient (Wildman–Crippen LogP) is 4.19. The minimum atomic E-state index is -1.52. The number of carbonyl (C=O) groups excluding carboxylic acids is 2. The number of hydrogen-bond donors (Lipinski definition) is 6. The highest BCUT2D eigenvalue weighted by molar-refractivity contribution is 5.92. The van der Waals surface area contributed by atoms with Crippen LogP contribution < -0.4 is 10.6 Å². The van der Waals surface area contributed by atoms with Gasteiger partial charge in [0.05, 0.1) is 24.7 Å². The Balaban J connectivity index is 1.49. The molecule has 0 heterocycles. The Kier molecular flexibility index (Phi) is 8.65. The van der Waals surface area contributed by atoms with Gasteiger partial charge in [0, 0.05) is 0 Å². The van der Waals surface area contributed by atoms with E-state index < -0.39 is 42.6 Å². The van der Waals surface area contributed by atoms with Crippen molar-refractivity contribution >= 4 is 17.8 Å². The lowest BCUT2D eigenvalue weighted by atomic mass is 9.33. The van der Waals surface area contributed by atoms with Crippen LogP contribution >= 0.6 is 0 Å². The van der Waals surface area contributed by atoms with Gasteiger partial charge in [-0.1, -0.05) is 60.1 Å². The molecule has 0 aromatic heterocycles. The fraction of sp³-hybridized carbons (Fsp3) is 0.861. The van der Waals surface area contributed by atoms with Gasteiger partial charge >= 0.3 is 5.97 Å². The third-order valence-electron chi connectivity index (χ3n) is 14.7. The average molecular weight is 631 g/mol. The minimum absolute atomic E-state index is 0.000428. The number of rotatable bonds is 7. The molecule has 0 aromatic carbocycles. The Labute approximate surface area is 269 Å². The van der Waals surface area contributed by atoms with Crippen LogP contribution in [0.2, 0.25) is 0 Å². The molecule has 0 saturated heterocycles. The number of aliphatic hydroxyl groups is 3. The molecule has 254 valence electrons. The number of nitrogens with one attached hydrogen (secondary N) is 2. The molecule has 5 rings (SSSR count). The highest BCUT2D eigenvalue weighted by atomic mass is 16.4. The molecular formula is C36H58N2O7. The van der Waals surface area contributed by atoms with Crippen molar-refractivity contribution in [2.75, 3.05) is 13.2 Å². The van der Waals surface area contributed by atoms with Gasteiger partial charge in [-0.15, -0.1) is 0 Å². The van der Waals surface area contributed by atoms with Gasteiger partial charge in [0.1, 0.15) is 12.1 Å². The molecule has 0 bridgehead atoms. The molecule has 45 heavy (non-hydrogen) atoms. The van der Waals surface area contributed by atoms with Crippen LogP contribution in [-0.4, -0.2) is 69.6 Å².